The SMILES string of the molecule is CC(C(=O)O)(c1c[nH]c2ccccc12)C1CCCC1. The van der Waals surface area contributed by atoms with Gasteiger partial charge in [0.2, 0.25) is 0 Å². The minimum atomic E-state index is -0.782. The zero-order valence-electron chi connectivity index (χ0n) is 11.1. The third-order valence-corrected chi connectivity index (χ3v) is 4.76. The first-order valence-electron chi connectivity index (χ1n) is 6.94. The molecule has 3 heteroatoms. The van der Waals surface area contributed by atoms with Crippen LogP contribution in [0.2, 0.25) is 0 Å². The first-order valence-corrected chi connectivity index (χ1v) is 6.94. The normalized spacial score (nSPS) is 19.6. The Hall–Kier alpha value is -1.77. The molecule has 1 aromatic carbocycles. The number of fused-ring (bicyclic) bond motifs is 1. The quantitative estimate of drug-likeness (QED) is 0.880. The van der Waals surface area contributed by atoms with E-state index in [0.717, 1.165) is 42.1 Å². The van der Waals surface area contributed by atoms with Crippen molar-refractivity contribution in [1.29, 1.82) is 0 Å². The summed E-state index contributed by atoms with van der Waals surface area (Å²) in [5, 5.41) is 10.9. The Labute approximate surface area is 112 Å². The van der Waals surface area contributed by atoms with Gasteiger partial charge in [-0.25, -0.2) is 0 Å². The molecule has 0 radical (unpaired) electrons. The van der Waals surface area contributed by atoms with Crippen LogP contribution in [0.4, 0.5) is 0 Å². The van der Waals surface area contributed by atoms with Crippen LogP contribution < -0.4 is 0 Å². The second-order valence-corrected chi connectivity index (χ2v) is 5.74. The van der Waals surface area contributed by atoms with Gasteiger partial charge < -0.3 is 10.1 Å². The van der Waals surface area contributed by atoms with E-state index >= 15 is 0 Å². The summed E-state index contributed by atoms with van der Waals surface area (Å²) in [6, 6.07) is 7.94. The predicted molar refractivity (Wildman–Crippen MR) is 75.2 cm³/mol. The van der Waals surface area contributed by atoms with Crippen molar-refractivity contribution < 1.29 is 9.90 Å². The van der Waals surface area contributed by atoms with Gasteiger partial charge in [-0.1, -0.05) is 31.0 Å². The van der Waals surface area contributed by atoms with Crippen molar-refractivity contribution in [2.45, 2.75) is 38.0 Å². The molecule has 1 atom stereocenters. The maximum atomic E-state index is 11.9. The first kappa shape index (κ1) is 12.3. The molecule has 1 saturated carbocycles. The van der Waals surface area contributed by atoms with Crippen LogP contribution >= 0.6 is 0 Å². The van der Waals surface area contributed by atoms with Gasteiger partial charge in [-0.2, -0.15) is 0 Å². The van der Waals surface area contributed by atoms with E-state index in [1.807, 2.05) is 37.4 Å². The van der Waals surface area contributed by atoms with E-state index in [4.69, 9.17) is 0 Å². The second kappa shape index (κ2) is 4.41. The molecule has 19 heavy (non-hydrogen) atoms. The number of nitrogens with one attached hydrogen (secondary N) is 1. The number of aromatic amines is 1. The minimum absolute atomic E-state index is 0.240. The maximum absolute atomic E-state index is 11.9. The maximum Gasteiger partial charge on any atom is 0.314 e. The molecule has 0 bridgehead atoms. The Kier molecular flexibility index (Phi) is 2.85. The van der Waals surface area contributed by atoms with Crippen LogP contribution in [0.15, 0.2) is 30.5 Å². The molecule has 1 unspecified atom stereocenters. The number of para-hydroxylation sites is 1. The Morgan fingerprint density at radius 3 is 2.68 bits per heavy atom. The molecule has 2 aromatic rings. The van der Waals surface area contributed by atoms with E-state index in [1.165, 1.54) is 0 Å². The highest BCUT2D eigenvalue weighted by Gasteiger charge is 2.45. The smallest absolute Gasteiger partial charge is 0.314 e. The standard InChI is InChI=1S/C16H19NO2/c1-16(15(18)19,11-6-2-3-7-11)13-10-17-14-9-5-4-8-12(13)14/h4-5,8-11,17H,2-3,6-7H2,1H3,(H,18,19). The number of aliphatic carboxylic acids is 1. The summed E-state index contributed by atoms with van der Waals surface area (Å²) in [4.78, 5) is 15.1. The van der Waals surface area contributed by atoms with Gasteiger partial charge in [0.1, 0.15) is 0 Å². The molecular formula is C16H19NO2. The largest absolute Gasteiger partial charge is 0.481 e. The number of carboxylic acids is 1. The van der Waals surface area contributed by atoms with Crippen LogP contribution in [0.1, 0.15) is 38.2 Å². The highest BCUT2D eigenvalue weighted by atomic mass is 16.4. The van der Waals surface area contributed by atoms with Gasteiger partial charge in [0.15, 0.2) is 0 Å². The lowest BCUT2D eigenvalue weighted by Gasteiger charge is -2.31. The summed E-state index contributed by atoms with van der Waals surface area (Å²) < 4.78 is 0. The highest BCUT2D eigenvalue weighted by molar-refractivity contribution is 5.92. The number of hydrogen-bond acceptors (Lipinski definition) is 1. The molecular weight excluding hydrogens is 238 g/mol. The van der Waals surface area contributed by atoms with Gasteiger partial charge in [0.25, 0.3) is 0 Å². The molecule has 100 valence electrons. The summed E-state index contributed by atoms with van der Waals surface area (Å²) in [6.07, 6.45) is 6.22. The third kappa shape index (κ3) is 1.76. The summed E-state index contributed by atoms with van der Waals surface area (Å²) in [5.41, 5.74) is 1.17. The Bertz CT molecular complexity index is 610. The first-order chi connectivity index (χ1) is 9.14. The van der Waals surface area contributed by atoms with Crippen molar-refractivity contribution in [3.63, 3.8) is 0 Å². The van der Waals surface area contributed by atoms with E-state index in [9.17, 15) is 9.90 Å². The van der Waals surface area contributed by atoms with Gasteiger partial charge in [0, 0.05) is 17.1 Å². The molecule has 0 amide bonds. The predicted octanol–water partition coefficient (Wildman–Crippen LogP) is 3.70. The summed E-state index contributed by atoms with van der Waals surface area (Å²) >= 11 is 0. The average Bonchev–Trinajstić information content (AvgIpc) is 3.07. The van der Waals surface area contributed by atoms with Crippen LogP contribution in [0.25, 0.3) is 10.9 Å². The van der Waals surface area contributed by atoms with Gasteiger partial charge >= 0.3 is 5.97 Å². The van der Waals surface area contributed by atoms with Crippen molar-refractivity contribution in [3.8, 4) is 0 Å². The van der Waals surface area contributed by atoms with E-state index < -0.39 is 11.4 Å². The molecule has 1 aliphatic carbocycles. The Balaban J connectivity index is 2.17. The van der Waals surface area contributed by atoms with Crippen LogP contribution in [0.3, 0.4) is 0 Å². The van der Waals surface area contributed by atoms with Gasteiger partial charge in [-0.3, -0.25) is 4.79 Å². The number of H-pyrrole nitrogens is 1. The zero-order valence-corrected chi connectivity index (χ0v) is 11.1. The van der Waals surface area contributed by atoms with Crippen LogP contribution in [0.5, 0.6) is 0 Å². The summed E-state index contributed by atoms with van der Waals surface area (Å²) in [6.45, 7) is 1.89. The van der Waals surface area contributed by atoms with Gasteiger partial charge in [-0.15, -0.1) is 0 Å². The lowest BCUT2D eigenvalue weighted by Crippen LogP contribution is -2.39. The lowest BCUT2D eigenvalue weighted by atomic mass is 9.71. The van der Waals surface area contributed by atoms with Crippen LogP contribution in [0, 0.1) is 5.92 Å². The monoisotopic (exact) mass is 257 g/mol. The number of carboxylic acid groups (broad SMARTS) is 1. The van der Waals surface area contributed by atoms with Crippen LogP contribution in [-0.4, -0.2) is 16.1 Å². The van der Waals surface area contributed by atoms with Crippen molar-refractivity contribution >= 4 is 16.9 Å². The van der Waals surface area contributed by atoms with Crippen molar-refractivity contribution in [1.82, 2.24) is 4.98 Å². The lowest BCUT2D eigenvalue weighted by molar-refractivity contribution is -0.145. The number of benzene rings is 1. The highest BCUT2D eigenvalue weighted by Crippen LogP contribution is 2.44. The van der Waals surface area contributed by atoms with E-state index in [0.29, 0.717) is 0 Å². The molecule has 1 aliphatic rings. The molecule has 3 rings (SSSR count). The fourth-order valence-electron chi connectivity index (χ4n) is 3.51. The topological polar surface area (TPSA) is 53.1 Å². The molecule has 1 heterocycles. The fraction of sp³-hybridized carbons (Fsp3) is 0.438. The van der Waals surface area contributed by atoms with E-state index in [1.54, 1.807) is 0 Å². The molecule has 3 nitrogen and oxygen atoms in total. The Morgan fingerprint density at radius 1 is 1.32 bits per heavy atom. The average molecular weight is 257 g/mol. The Morgan fingerprint density at radius 2 is 2.00 bits per heavy atom. The molecule has 0 saturated heterocycles. The summed E-state index contributed by atoms with van der Waals surface area (Å²) in [5.74, 6) is -0.464. The number of carbonyl (C=O) groups is 1. The molecule has 0 spiro atoms. The molecule has 0 aliphatic heterocycles. The minimum Gasteiger partial charge on any atom is -0.481 e. The van der Waals surface area contributed by atoms with Crippen molar-refractivity contribution in [2.75, 3.05) is 0 Å². The number of aromatic nitrogens is 1. The molecule has 1 fully saturated rings. The van der Waals surface area contributed by atoms with Gasteiger partial charge in [-0.05, 0) is 37.3 Å². The van der Waals surface area contributed by atoms with Crippen LogP contribution in [-0.2, 0) is 10.2 Å². The van der Waals surface area contributed by atoms with Gasteiger partial charge in [0.05, 0.1) is 5.41 Å². The van der Waals surface area contributed by atoms with Crippen molar-refractivity contribution in [2.24, 2.45) is 5.92 Å². The number of hydrogen-bond donors (Lipinski definition) is 2. The zero-order chi connectivity index (χ0) is 13.5. The van der Waals surface area contributed by atoms with E-state index in [-0.39, 0.29) is 5.92 Å². The van der Waals surface area contributed by atoms with Crippen molar-refractivity contribution in [3.05, 3.63) is 36.0 Å². The van der Waals surface area contributed by atoms with E-state index in [2.05, 4.69) is 4.98 Å². The second-order valence-electron chi connectivity index (χ2n) is 5.74. The number of rotatable bonds is 3. The fourth-order valence-corrected chi connectivity index (χ4v) is 3.51. The summed E-state index contributed by atoms with van der Waals surface area (Å²) in [7, 11) is 0. The molecule has 2 N–H and O–H groups in total. The third-order valence-electron chi connectivity index (χ3n) is 4.76. The molecule has 1 aromatic heterocycles.